The molecule has 0 spiro atoms. The van der Waals surface area contributed by atoms with Crippen molar-refractivity contribution < 1.29 is 4.79 Å². The van der Waals surface area contributed by atoms with Crippen LogP contribution in [0.15, 0.2) is 54.6 Å². The molecule has 106 valence electrons. The van der Waals surface area contributed by atoms with Crippen LogP contribution in [0.5, 0.6) is 0 Å². The fourth-order valence-electron chi connectivity index (χ4n) is 1.74. The summed E-state index contributed by atoms with van der Waals surface area (Å²) in [7, 11) is 0. The molecule has 0 aliphatic heterocycles. The summed E-state index contributed by atoms with van der Waals surface area (Å²) in [5.74, 6) is 5.75. The van der Waals surface area contributed by atoms with Gasteiger partial charge in [0, 0.05) is 17.8 Å². The lowest BCUT2D eigenvalue weighted by atomic mass is 10.1. The molecule has 0 aliphatic rings. The summed E-state index contributed by atoms with van der Waals surface area (Å²) in [5, 5.41) is 5.57. The number of nitrogens with two attached hydrogens (primary N) is 1. The van der Waals surface area contributed by atoms with Crippen LogP contribution in [-0.2, 0) is 6.54 Å². The Labute approximate surface area is 124 Å². The number of anilines is 1. The molecule has 2 aromatic carbocycles. The minimum Gasteiger partial charge on any atom is -0.334 e. The minimum atomic E-state index is -0.229. The summed E-state index contributed by atoms with van der Waals surface area (Å²) in [4.78, 5) is 11.7. The van der Waals surface area contributed by atoms with E-state index < -0.39 is 0 Å². The third kappa shape index (κ3) is 5.01. The van der Waals surface area contributed by atoms with E-state index in [-0.39, 0.29) is 6.03 Å². The molecule has 0 saturated carbocycles. The zero-order valence-corrected chi connectivity index (χ0v) is 11.6. The normalized spacial score (nSPS) is 9.38. The Balaban J connectivity index is 1.84. The van der Waals surface area contributed by atoms with Gasteiger partial charge in [-0.15, -0.1) is 0 Å². The van der Waals surface area contributed by atoms with E-state index >= 15 is 0 Å². The first-order chi connectivity index (χ1) is 10.3. The summed E-state index contributed by atoms with van der Waals surface area (Å²) in [6, 6.07) is 16.8. The predicted molar refractivity (Wildman–Crippen MR) is 84.7 cm³/mol. The van der Waals surface area contributed by atoms with Crippen molar-refractivity contribution in [1.29, 1.82) is 0 Å². The molecule has 0 bridgehead atoms. The molecular weight excluding hydrogens is 262 g/mol. The molecule has 4 N–H and O–H groups in total. The van der Waals surface area contributed by atoms with Crippen molar-refractivity contribution >= 4 is 11.7 Å². The van der Waals surface area contributed by atoms with E-state index in [1.165, 1.54) is 0 Å². The van der Waals surface area contributed by atoms with E-state index in [4.69, 9.17) is 5.73 Å². The van der Waals surface area contributed by atoms with Gasteiger partial charge in [0.1, 0.15) is 0 Å². The van der Waals surface area contributed by atoms with E-state index in [1.54, 1.807) is 0 Å². The summed E-state index contributed by atoms with van der Waals surface area (Å²) in [6.45, 7) is 0.812. The predicted octanol–water partition coefficient (Wildman–Crippen LogP) is 2.32. The topological polar surface area (TPSA) is 67.1 Å². The summed E-state index contributed by atoms with van der Waals surface area (Å²) in [5.41, 5.74) is 8.01. The second-order valence-corrected chi connectivity index (χ2v) is 4.38. The summed E-state index contributed by atoms with van der Waals surface area (Å²) in [6.07, 6.45) is 0. The highest BCUT2D eigenvalue weighted by atomic mass is 16.2. The number of carbonyl (C=O) groups is 1. The Bertz CT molecular complexity index is 639. The number of hydrogen-bond acceptors (Lipinski definition) is 2. The molecule has 0 radical (unpaired) electrons. The standard InChI is InChI=1S/C17H17N3O/c18-12-4-5-14-8-10-15(11-9-14)13-19-17(21)20-16-6-2-1-3-7-16/h1-3,6-11H,12-13,18H2,(H2,19,20,21). The van der Waals surface area contributed by atoms with E-state index in [2.05, 4.69) is 22.5 Å². The highest BCUT2D eigenvalue weighted by Gasteiger charge is 2.01. The van der Waals surface area contributed by atoms with Crippen molar-refractivity contribution in [2.75, 3.05) is 11.9 Å². The molecule has 4 nitrogen and oxygen atoms in total. The van der Waals surface area contributed by atoms with Gasteiger partial charge in [-0.05, 0) is 29.8 Å². The zero-order chi connectivity index (χ0) is 14.9. The number of hydrogen-bond donors (Lipinski definition) is 3. The van der Waals surface area contributed by atoms with Crippen LogP contribution in [0.1, 0.15) is 11.1 Å². The number of urea groups is 1. The number of amides is 2. The van der Waals surface area contributed by atoms with Crippen molar-refractivity contribution in [1.82, 2.24) is 5.32 Å². The fourth-order valence-corrected chi connectivity index (χ4v) is 1.74. The van der Waals surface area contributed by atoms with E-state index in [9.17, 15) is 4.79 Å². The van der Waals surface area contributed by atoms with Gasteiger partial charge < -0.3 is 16.4 Å². The quantitative estimate of drug-likeness (QED) is 0.755. The van der Waals surface area contributed by atoms with E-state index in [0.29, 0.717) is 13.1 Å². The van der Waals surface area contributed by atoms with Gasteiger partial charge in [0.25, 0.3) is 0 Å². The number of para-hydroxylation sites is 1. The Kier molecular flexibility index (Phi) is 5.39. The monoisotopic (exact) mass is 279 g/mol. The molecule has 0 aromatic heterocycles. The molecular formula is C17H17N3O. The van der Waals surface area contributed by atoms with Crippen molar-refractivity contribution in [3.05, 3.63) is 65.7 Å². The lowest BCUT2D eigenvalue weighted by molar-refractivity contribution is 0.251. The lowest BCUT2D eigenvalue weighted by Crippen LogP contribution is -2.28. The molecule has 4 heteroatoms. The van der Waals surface area contributed by atoms with Crippen LogP contribution in [0.3, 0.4) is 0 Å². The maximum Gasteiger partial charge on any atom is 0.319 e. The lowest BCUT2D eigenvalue weighted by Gasteiger charge is -2.07. The Morgan fingerprint density at radius 1 is 1.05 bits per heavy atom. The third-order valence-electron chi connectivity index (χ3n) is 2.77. The molecule has 21 heavy (non-hydrogen) atoms. The van der Waals surface area contributed by atoms with Crippen LogP contribution in [0, 0.1) is 11.8 Å². The molecule has 0 fully saturated rings. The van der Waals surface area contributed by atoms with E-state index in [1.807, 2.05) is 54.6 Å². The van der Waals surface area contributed by atoms with Gasteiger partial charge in [-0.3, -0.25) is 0 Å². The summed E-state index contributed by atoms with van der Waals surface area (Å²) >= 11 is 0. The molecule has 0 saturated heterocycles. The van der Waals surface area contributed by atoms with Gasteiger partial charge in [-0.25, -0.2) is 4.79 Å². The first-order valence-corrected chi connectivity index (χ1v) is 6.66. The van der Waals surface area contributed by atoms with Gasteiger partial charge in [-0.2, -0.15) is 0 Å². The van der Waals surface area contributed by atoms with Gasteiger partial charge in [-0.1, -0.05) is 42.2 Å². The van der Waals surface area contributed by atoms with Gasteiger partial charge in [0.15, 0.2) is 0 Å². The van der Waals surface area contributed by atoms with Gasteiger partial charge >= 0.3 is 6.03 Å². The highest BCUT2D eigenvalue weighted by molar-refractivity contribution is 5.89. The van der Waals surface area contributed by atoms with Crippen molar-refractivity contribution in [2.24, 2.45) is 5.73 Å². The molecule has 0 unspecified atom stereocenters. The Morgan fingerprint density at radius 3 is 2.43 bits per heavy atom. The van der Waals surface area contributed by atoms with Crippen molar-refractivity contribution in [3.8, 4) is 11.8 Å². The van der Waals surface area contributed by atoms with Crippen LogP contribution in [0.4, 0.5) is 10.5 Å². The third-order valence-corrected chi connectivity index (χ3v) is 2.77. The number of carbonyl (C=O) groups excluding carboxylic acids is 1. The van der Waals surface area contributed by atoms with E-state index in [0.717, 1.165) is 16.8 Å². The number of nitrogens with one attached hydrogen (secondary N) is 2. The SMILES string of the molecule is NCC#Cc1ccc(CNC(=O)Nc2ccccc2)cc1. The zero-order valence-electron chi connectivity index (χ0n) is 11.6. The Morgan fingerprint density at radius 2 is 1.76 bits per heavy atom. The first kappa shape index (κ1) is 14.6. The largest absolute Gasteiger partial charge is 0.334 e. The van der Waals surface area contributed by atoms with Crippen molar-refractivity contribution in [2.45, 2.75) is 6.54 Å². The molecule has 0 heterocycles. The maximum absolute atomic E-state index is 11.7. The van der Waals surface area contributed by atoms with Crippen LogP contribution in [0.25, 0.3) is 0 Å². The van der Waals surface area contributed by atoms with Crippen LogP contribution < -0.4 is 16.4 Å². The molecule has 0 aliphatic carbocycles. The van der Waals surface area contributed by atoms with Crippen LogP contribution in [-0.4, -0.2) is 12.6 Å². The smallest absolute Gasteiger partial charge is 0.319 e. The van der Waals surface area contributed by atoms with Crippen LogP contribution >= 0.6 is 0 Å². The maximum atomic E-state index is 11.7. The second-order valence-electron chi connectivity index (χ2n) is 4.38. The number of benzene rings is 2. The van der Waals surface area contributed by atoms with Gasteiger partial charge in [0.05, 0.1) is 6.54 Å². The molecule has 0 atom stereocenters. The highest BCUT2D eigenvalue weighted by Crippen LogP contribution is 2.05. The number of rotatable bonds is 3. The van der Waals surface area contributed by atoms with Crippen LogP contribution in [0.2, 0.25) is 0 Å². The fraction of sp³-hybridized carbons (Fsp3) is 0.118. The van der Waals surface area contributed by atoms with Crippen molar-refractivity contribution in [3.63, 3.8) is 0 Å². The molecule has 2 aromatic rings. The Hall–Kier alpha value is -2.77. The average molecular weight is 279 g/mol. The second kappa shape index (κ2) is 7.73. The summed E-state index contributed by atoms with van der Waals surface area (Å²) < 4.78 is 0. The van der Waals surface area contributed by atoms with Gasteiger partial charge in [0.2, 0.25) is 0 Å². The molecule has 2 amide bonds. The minimum absolute atomic E-state index is 0.229. The molecule has 2 rings (SSSR count). The average Bonchev–Trinajstić information content (AvgIpc) is 2.53. The first-order valence-electron chi connectivity index (χ1n) is 6.66.